The number of ether oxygens (including phenoxy) is 2. The zero-order valence-corrected chi connectivity index (χ0v) is 18.2. The summed E-state index contributed by atoms with van der Waals surface area (Å²) < 4.78 is 23.5. The Morgan fingerprint density at radius 1 is 1.15 bits per heavy atom. The molecule has 0 atom stereocenters. The van der Waals surface area contributed by atoms with Gasteiger partial charge in [-0.15, -0.1) is 0 Å². The maximum Gasteiger partial charge on any atom is 0.340 e. The lowest BCUT2D eigenvalue weighted by molar-refractivity contribution is -0.123. The lowest BCUT2D eigenvalue weighted by Crippen LogP contribution is -2.24. The highest BCUT2D eigenvalue weighted by atomic mass is 16.5. The van der Waals surface area contributed by atoms with E-state index in [1.165, 1.54) is 12.5 Å². The van der Waals surface area contributed by atoms with Crippen molar-refractivity contribution in [2.45, 2.75) is 20.4 Å². The first kappa shape index (κ1) is 21.9. The second kappa shape index (κ2) is 9.90. The third-order valence-electron chi connectivity index (χ3n) is 4.96. The van der Waals surface area contributed by atoms with Crippen LogP contribution < -0.4 is 10.2 Å². The van der Waals surface area contributed by atoms with Gasteiger partial charge in [0.2, 0.25) is 0 Å². The number of hydrogen-bond donors (Lipinski definition) is 1. The molecule has 3 aromatic heterocycles. The molecule has 4 rings (SSSR count). The van der Waals surface area contributed by atoms with Gasteiger partial charge in [0.25, 0.3) is 5.91 Å². The van der Waals surface area contributed by atoms with Crippen molar-refractivity contribution in [2.75, 3.05) is 13.2 Å². The number of esters is 1. The third-order valence-corrected chi connectivity index (χ3v) is 4.96. The zero-order valence-electron chi connectivity index (χ0n) is 18.2. The summed E-state index contributed by atoms with van der Waals surface area (Å²) in [6.45, 7) is 4.10. The number of carbonyl (C=O) groups is 2. The average Bonchev–Trinajstić information content (AvgIpc) is 3.55. The van der Waals surface area contributed by atoms with Gasteiger partial charge in [0.15, 0.2) is 6.61 Å². The molecule has 0 aliphatic carbocycles. The van der Waals surface area contributed by atoms with Gasteiger partial charge in [-0.25, -0.2) is 10.2 Å². The monoisotopic (exact) mass is 449 g/mol. The fraction of sp³-hybridized carbons (Fsp3) is 0.208. The number of hydrogen-bond acceptors (Lipinski definition) is 7. The molecular formula is C24H23N3O6. The zero-order chi connectivity index (χ0) is 23.2. The van der Waals surface area contributed by atoms with Crippen LogP contribution in [0.3, 0.4) is 0 Å². The SMILES string of the molecule is CCOC(=O)c1c(C)n(Cc2ccco2)c2ccc(OCC(=O)N/N=C\c3ccco3)cc12. The second-order valence-corrected chi connectivity index (χ2v) is 7.12. The van der Waals surface area contributed by atoms with Gasteiger partial charge in [-0.2, -0.15) is 5.10 Å². The molecule has 9 nitrogen and oxygen atoms in total. The number of amides is 1. The highest BCUT2D eigenvalue weighted by Crippen LogP contribution is 2.31. The Labute approximate surface area is 189 Å². The normalized spacial score (nSPS) is 11.2. The van der Waals surface area contributed by atoms with Crippen LogP contribution in [0.15, 0.2) is 68.9 Å². The summed E-state index contributed by atoms with van der Waals surface area (Å²) in [7, 11) is 0. The number of fused-ring (bicyclic) bond motifs is 1. The fourth-order valence-corrected chi connectivity index (χ4v) is 3.49. The van der Waals surface area contributed by atoms with E-state index in [1.54, 1.807) is 37.5 Å². The van der Waals surface area contributed by atoms with Crippen molar-refractivity contribution in [3.8, 4) is 5.75 Å². The number of aromatic nitrogens is 1. The van der Waals surface area contributed by atoms with E-state index < -0.39 is 11.9 Å². The molecular weight excluding hydrogens is 426 g/mol. The van der Waals surface area contributed by atoms with Crippen LogP contribution in [0.4, 0.5) is 0 Å². The van der Waals surface area contributed by atoms with Crippen LogP contribution in [-0.4, -0.2) is 35.9 Å². The minimum atomic E-state index is -0.435. The summed E-state index contributed by atoms with van der Waals surface area (Å²) in [5, 5.41) is 4.48. The number of carbonyl (C=O) groups excluding carboxylic acids is 2. The van der Waals surface area contributed by atoms with Crippen LogP contribution in [0.25, 0.3) is 10.9 Å². The van der Waals surface area contributed by atoms with E-state index in [4.69, 9.17) is 18.3 Å². The predicted molar refractivity (Wildman–Crippen MR) is 120 cm³/mol. The number of benzene rings is 1. The van der Waals surface area contributed by atoms with Crippen molar-refractivity contribution in [1.29, 1.82) is 0 Å². The molecule has 0 aliphatic heterocycles. The predicted octanol–water partition coefficient (Wildman–Crippen LogP) is 3.89. The number of rotatable bonds is 9. The van der Waals surface area contributed by atoms with Crippen molar-refractivity contribution < 1.29 is 27.9 Å². The van der Waals surface area contributed by atoms with E-state index in [1.807, 2.05) is 29.7 Å². The lowest BCUT2D eigenvalue weighted by Gasteiger charge is -2.08. The molecule has 3 heterocycles. The summed E-state index contributed by atoms with van der Waals surface area (Å²) in [6.07, 6.45) is 4.51. The molecule has 170 valence electrons. The Morgan fingerprint density at radius 2 is 1.97 bits per heavy atom. The lowest BCUT2D eigenvalue weighted by atomic mass is 10.1. The number of furan rings is 2. The van der Waals surface area contributed by atoms with Crippen LogP contribution in [-0.2, 0) is 16.1 Å². The van der Waals surface area contributed by atoms with Gasteiger partial charge < -0.3 is 22.9 Å². The first-order valence-electron chi connectivity index (χ1n) is 10.4. The van der Waals surface area contributed by atoms with Gasteiger partial charge in [0.1, 0.15) is 17.3 Å². The Balaban J connectivity index is 1.54. The maximum atomic E-state index is 12.7. The summed E-state index contributed by atoms with van der Waals surface area (Å²) in [5.41, 5.74) is 4.40. The molecule has 33 heavy (non-hydrogen) atoms. The fourth-order valence-electron chi connectivity index (χ4n) is 3.49. The standard InChI is InChI=1S/C24H23N3O6/c1-3-30-24(29)23-16(2)27(14-19-7-5-11-32-19)21-9-8-17(12-20(21)23)33-15-22(28)26-25-13-18-6-4-10-31-18/h4-13H,3,14-15H2,1-2H3,(H,26,28)/b25-13-. The molecule has 0 saturated heterocycles. The highest BCUT2D eigenvalue weighted by molar-refractivity contribution is 6.06. The molecule has 0 spiro atoms. The number of hydrazone groups is 1. The minimum Gasteiger partial charge on any atom is -0.484 e. The van der Waals surface area contributed by atoms with Gasteiger partial charge >= 0.3 is 5.97 Å². The van der Waals surface area contributed by atoms with Crippen LogP contribution in [0.5, 0.6) is 5.75 Å². The molecule has 0 aliphatic rings. The second-order valence-electron chi connectivity index (χ2n) is 7.12. The Hall–Kier alpha value is -4.27. The molecule has 0 bridgehead atoms. The van der Waals surface area contributed by atoms with Crippen LogP contribution in [0.1, 0.15) is 34.5 Å². The van der Waals surface area contributed by atoms with E-state index in [9.17, 15) is 9.59 Å². The topological polar surface area (TPSA) is 108 Å². The van der Waals surface area contributed by atoms with Crippen LogP contribution in [0, 0.1) is 6.92 Å². The van der Waals surface area contributed by atoms with Gasteiger partial charge in [-0.3, -0.25) is 4.79 Å². The molecule has 1 N–H and O–H groups in total. The molecule has 0 radical (unpaired) electrons. The first-order valence-corrected chi connectivity index (χ1v) is 10.4. The Morgan fingerprint density at radius 3 is 2.70 bits per heavy atom. The average molecular weight is 449 g/mol. The summed E-state index contributed by atoms with van der Waals surface area (Å²) >= 11 is 0. The van der Waals surface area contributed by atoms with Gasteiger partial charge in [0, 0.05) is 16.6 Å². The molecule has 0 saturated carbocycles. The molecule has 1 aromatic carbocycles. The van der Waals surface area contributed by atoms with Crippen molar-refractivity contribution in [1.82, 2.24) is 9.99 Å². The van der Waals surface area contributed by atoms with Gasteiger partial charge in [-0.05, 0) is 56.3 Å². The Kier molecular flexibility index (Phi) is 6.58. The number of nitrogens with one attached hydrogen (secondary N) is 1. The van der Waals surface area contributed by atoms with Gasteiger partial charge in [-0.1, -0.05) is 0 Å². The van der Waals surface area contributed by atoms with Crippen molar-refractivity contribution >= 4 is 29.0 Å². The van der Waals surface area contributed by atoms with Crippen molar-refractivity contribution in [2.24, 2.45) is 5.10 Å². The van der Waals surface area contributed by atoms with Crippen molar-refractivity contribution in [3.63, 3.8) is 0 Å². The summed E-state index contributed by atoms with van der Waals surface area (Å²) in [6, 6.07) is 12.4. The van der Waals surface area contributed by atoms with E-state index in [0.29, 0.717) is 29.0 Å². The molecule has 9 heteroatoms. The van der Waals surface area contributed by atoms with Crippen molar-refractivity contribution in [3.05, 3.63) is 77.8 Å². The van der Waals surface area contributed by atoms with E-state index >= 15 is 0 Å². The van der Waals surface area contributed by atoms with E-state index in [2.05, 4.69) is 10.5 Å². The molecule has 4 aromatic rings. The Bertz CT molecular complexity index is 1270. The largest absolute Gasteiger partial charge is 0.484 e. The quantitative estimate of drug-likeness (QED) is 0.236. The van der Waals surface area contributed by atoms with Crippen LogP contribution >= 0.6 is 0 Å². The summed E-state index contributed by atoms with van der Waals surface area (Å²) in [5.74, 6) is 0.865. The van der Waals surface area contributed by atoms with Crippen LogP contribution in [0.2, 0.25) is 0 Å². The molecule has 1 amide bonds. The minimum absolute atomic E-state index is 0.248. The first-order chi connectivity index (χ1) is 16.1. The highest BCUT2D eigenvalue weighted by Gasteiger charge is 2.22. The smallest absolute Gasteiger partial charge is 0.340 e. The summed E-state index contributed by atoms with van der Waals surface area (Å²) in [4.78, 5) is 24.7. The number of nitrogens with zero attached hydrogens (tertiary/aromatic N) is 2. The third kappa shape index (κ3) is 4.98. The molecule has 0 unspecified atom stereocenters. The van der Waals surface area contributed by atoms with E-state index in [0.717, 1.165) is 17.0 Å². The van der Waals surface area contributed by atoms with E-state index in [-0.39, 0.29) is 13.2 Å². The molecule has 0 fully saturated rings. The maximum absolute atomic E-state index is 12.7. The van der Waals surface area contributed by atoms with Gasteiger partial charge in [0.05, 0.1) is 37.5 Å².